The zero-order valence-electron chi connectivity index (χ0n) is 16.4. The summed E-state index contributed by atoms with van der Waals surface area (Å²) in [7, 11) is 0. The van der Waals surface area contributed by atoms with E-state index < -0.39 is 0 Å². The second-order valence-electron chi connectivity index (χ2n) is 6.21. The summed E-state index contributed by atoms with van der Waals surface area (Å²) in [6.45, 7) is 0. The van der Waals surface area contributed by atoms with Crippen LogP contribution in [0.5, 0.6) is 0 Å². The van der Waals surface area contributed by atoms with Gasteiger partial charge in [0.15, 0.2) is 0 Å². The minimum Gasteiger partial charge on any atom is -0.356 e. The maximum atomic E-state index is 10.0. The lowest BCUT2D eigenvalue weighted by Crippen LogP contribution is -1.87. The minimum atomic E-state index is 0.729. The number of hydrogen-bond acceptors (Lipinski definition) is 4. The van der Waals surface area contributed by atoms with E-state index in [1.54, 1.807) is 23.5 Å². The molecule has 3 nitrogen and oxygen atoms in total. The van der Waals surface area contributed by atoms with Crippen molar-refractivity contribution < 1.29 is 4.79 Å². The van der Waals surface area contributed by atoms with Gasteiger partial charge in [-0.3, -0.25) is 4.79 Å². The summed E-state index contributed by atoms with van der Waals surface area (Å²) in [5.74, 6) is 0. The summed E-state index contributed by atoms with van der Waals surface area (Å²) in [5.41, 5.74) is 5.93. The lowest BCUT2D eigenvalue weighted by molar-refractivity contribution is 0.112. The highest BCUT2D eigenvalue weighted by Gasteiger charge is 1.90. The number of para-hydroxylation sites is 3. The molecule has 5 rings (SSSR count). The third kappa shape index (κ3) is 7.00. The molecule has 0 aliphatic heterocycles. The summed E-state index contributed by atoms with van der Waals surface area (Å²) in [4.78, 5) is 14.1. The van der Waals surface area contributed by atoms with E-state index in [0.717, 1.165) is 28.7 Å². The number of carbonyl (C=O) groups is 1. The molecule has 0 unspecified atom stereocenters. The number of thiazole rings is 1. The third-order valence-corrected chi connectivity index (χ3v) is 4.82. The van der Waals surface area contributed by atoms with Crippen molar-refractivity contribution in [3.63, 3.8) is 0 Å². The molecule has 4 aromatic carbocycles. The van der Waals surface area contributed by atoms with E-state index in [4.69, 9.17) is 0 Å². The van der Waals surface area contributed by atoms with Gasteiger partial charge in [-0.25, -0.2) is 4.98 Å². The maximum absolute atomic E-state index is 10.0. The fraction of sp³-hybridized carbons (Fsp3) is 0. The fourth-order valence-electron chi connectivity index (χ4n) is 2.54. The highest BCUT2D eigenvalue weighted by Crippen LogP contribution is 2.15. The SMILES string of the molecule is O=Cc1ccccc1.c1ccc(Nc2ccccc2)cc1.c1ccc2scnc2c1. The predicted octanol–water partition coefficient (Wildman–Crippen LogP) is 7.23. The van der Waals surface area contributed by atoms with E-state index in [1.807, 2.05) is 103 Å². The van der Waals surface area contributed by atoms with Gasteiger partial charge >= 0.3 is 0 Å². The van der Waals surface area contributed by atoms with Crippen molar-refractivity contribution in [2.45, 2.75) is 0 Å². The smallest absolute Gasteiger partial charge is 0.150 e. The minimum absolute atomic E-state index is 0.729. The van der Waals surface area contributed by atoms with Crippen molar-refractivity contribution in [2.24, 2.45) is 0 Å². The van der Waals surface area contributed by atoms with Crippen LogP contribution in [0.4, 0.5) is 11.4 Å². The van der Waals surface area contributed by atoms with Crippen molar-refractivity contribution in [3.05, 3.63) is 126 Å². The van der Waals surface area contributed by atoms with E-state index in [1.165, 1.54) is 4.70 Å². The van der Waals surface area contributed by atoms with Gasteiger partial charge in [0.25, 0.3) is 0 Å². The Morgan fingerprint density at radius 2 is 1.13 bits per heavy atom. The number of hydrogen-bond donors (Lipinski definition) is 1. The quantitative estimate of drug-likeness (QED) is 0.319. The molecule has 0 amide bonds. The van der Waals surface area contributed by atoms with Gasteiger partial charge in [-0.05, 0) is 36.4 Å². The first-order chi connectivity index (χ1) is 14.8. The zero-order valence-corrected chi connectivity index (χ0v) is 17.2. The van der Waals surface area contributed by atoms with Crippen LogP contribution in [0.25, 0.3) is 10.2 Å². The number of nitrogens with zero attached hydrogens (tertiary/aromatic N) is 1. The number of anilines is 2. The predicted molar refractivity (Wildman–Crippen MR) is 128 cm³/mol. The zero-order chi connectivity index (χ0) is 20.9. The van der Waals surface area contributed by atoms with Crippen molar-refractivity contribution in [2.75, 3.05) is 5.32 Å². The van der Waals surface area contributed by atoms with Crippen LogP contribution in [0.2, 0.25) is 0 Å². The Hall–Kier alpha value is -3.76. The van der Waals surface area contributed by atoms with Crippen LogP contribution < -0.4 is 5.32 Å². The van der Waals surface area contributed by atoms with Crippen LogP contribution >= 0.6 is 11.3 Å². The monoisotopic (exact) mass is 410 g/mol. The number of benzene rings is 4. The normalized spacial score (nSPS) is 9.47. The Kier molecular flexibility index (Phi) is 8.34. The molecule has 1 N–H and O–H groups in total. The Morgan fingerprint density at radius 3 is 1.63 bits per heavy atom. The second-order valence-corrected chi connectivity index (χ2v) is 7.09. The number of aldehydes is 1. The van der Waals surface area contributed by atoms with Gasteiger partial charge in [-0.2, -0.15) is 0 Å². The lowest BCUT2D eigenvalue weighted by Gasteiger charge is -2.04. The van der Waals surface area contributed by atoms with Crippen LogP contribution in [-0.4, -0.2) is 11.3 Å². The number of aromatic nitrogens is 1. The average Bonchev–Trinajstić information content (AvgIpc) is 3.31. The molecular formula is C26H22N2OS. The van der Waals surface area contributed by atoms with Crippen molar-refractivity contribution in [3.8, 4) is 0 Å². The van der Waals surface area contributed by atoms with E-state index in [9.17, 15) is 4.79 Å². The Balaban J connectivity index is 0.000000133. The molecule has 0 radical (unpaired) electrons. The molecule has 1 heterocycles. The van der Waals surface area contributed by atoms with Crippen LogP contribution in [0.15, 0.2) is 121 Å². The summed E-state index contributed by atoms with van der Waals surface area (Å²) in [5, 5.41) is 3.30. The van der Waals surface area contributed by atoms with Gasteiger partial charge in [-0.1, -0.05) is 78.9 Å². The summed E-state index contributed by atoms with van der Waals surface area (Å²) < 4.78 is 1.26. The summed E-state index contributed by atoms with van der Waals surface area (Å²) in [6, 6.07) is 37.5. The molecule has 0 spiro atoms. The van der Waals surface area contributed by atoms with Gasteiger partial charge < -0.3 is 5.32 Å². The van der Waals surface area contributed by atoms with Crippen LogP contribution in [0.3, 0.4) is 0 Å². The number of rotatable bonds is 3. The third-order valence-electron chi connectivity index (χ3n) is 4.01. The summed E-state index contributed by atoms with van der Waals surface area (Å²) in [6.07, 6.45) is 0.833. The van der Waals surface area contributed by atoms with Gasteiger partial charge in [0.05, 0.1) is 15.7 Å². The number of nitrogens with one attached hydrogen (secondary N) is 1. The number of carbonyl (C=O) groups excluding carboxylic acids is 1. The standard InChI is InChI=1S/C12H11N.C7H5NS.C7H6O/c1-3-7-11(8-4-1)13-12-9-5-2-6-10-12;1-2-4-7-6(3-1)8-5-9-7;8-6-7-4-2-1-3-5-7/h1-10,13H;1-5H;1-6H. The van der Waals surface area contributed by atoms with E-state index in [2.05, 4.69) is 16.4 Å². The first-order valence-electron chi connectivity index (χ1n) is 9.51. The Bertz CT molecular complexity index is 1060. The van der Waals surface area contributed by atoms with Crippen molar-refractivity contribution >= 4 is 39.2 Å². The molecule has 148 valence electrons. The van der Waals surface area contributed by atoms with Gasteiger partial charge in [0.2, 0.25) is 0 Å². The molecule has 0 saturated carbocycles. The first-order valence-corrected chi connectivity index (χ1v) is 10.4. The molecule has 30 heavy (non-hydrogen) atoms. The molecule has 0 aliphatic carbocycles. The molecule has 0 atom stereocenters. The Morgan fingerprint density at radius 1 is 0.633 bits per heavy atom. The molecule has 5 aromatic rings. The van der Waals surface area contributed by atoms with Gasteiger partial charge in [0, 0.05) is 16.9 Å². The van der Waals surface area contributed by atoms with E-state index in [-0.39, 0.29) is 0 Å². The van der Waals surface area contributed by atoms with Crippen LogP contribution in [0.1, 0.15) is 10.4 Å². The maximum Gasteiger partial charge on any atom is 0.150 e. The van der Waals surface area contributed by atoms with Crippen LogP contribution in [0, 0.1) is 0 Å². The molecule has 0 fully saturated rings. The summed E-state index contributed by atoms with van der Waals surface area (Å²) >= 11 is 1.68. The molecule has 4 heteroatoms. The van der Waals surface area contributed by atoms with E-state index >= 15 is 0 Å². The van der Waals surface area contributed by atoms with Crippen molar-refractivity contribution in [1.82, 2.24) is 4.98 Å². The van der Waals surface area contributed by atoms with Gasteiger partial charge in [-0.15, -0.1) is 11.3 Å². The number of fused-ring (bicyclic) bond motifs is 1. The van der Waals surface area contributed by atoms with E-state index in [0.29, 0.717) is 0 Å². The fourth-order valence-corrected chi connectivity index (χ4v) is 3.22. The topological polar surface area (TPSA) is 42.0 Å². The second kappa shape index (κ2) is 11.9. The highest BCUT2D eigenvalue weighted by atomic mass is 32.1. The molecule has 0 bridgehead atoms. The molecule has 0 saturated heterocycles. The highest BCUT2D eigenvalue weighted by molar-refractivity contribution is 7.16. The van der Waals surface area contributed by atoms with Crippen molar-refractivity contribution in [1.29, 1.82) is 0 Å². The molecule has 0 aliphatic rings. The average molecular weight is 411 g/mol. The largest absolute Gasteiger partial charge is 0.356 e. The molecule has 1 aromatic heterocycles. The Labute approximate surface area is 180 Å². The lowest BCUT2D eigenvalue weighted by atomic mass is 10.2. The van der Waals surface area contributed by atoms with Crippen LogP contribution in [-0.2, 0) is 0 Å². The first kappa shape index (κ1) is 21.0. The van der Waals surface area contributed by atoms with Gasteiger partial charge in [0.1, 0.15) is 6.29 Å². The molecular weight excluding hydrogens is 388 g/mol.